The third-order valence-corrected chi connectivity index (χ3v) is 5.29. The van der Waals surface area contributed by atoms with Crippen LogP contribution in [0.2, 0.25) is 0 Å². The molecule has 1 heterocycles. The van der Waals surface area contributed by atoms with E-state index in [9.17, 15) is 9.59 Å². The first-order valence-corrected chi connectivity index (χ1v) is 9.07. The average molecular weight is 342 g/mol. The largest absolute Gasteiger partial charge is 0.481 e. The maximum atomic E-state index is 12.4. The Kier molecular flexibility index (Phi) is 5.41. The number of carboxylic acids is 1. The van der Waals surface area contributed by atoms with E-state index in [1.807, 2.05) is 4.90 Å². The Hall–Kier alpha value is -2.30. The molecule has 0 aromatic heterocycles. The minimum Gasteiger partial charge on any atom is -0.481 e. The lowest BCUT2D eigenvalue weighted by atomic mass is 9.86. The van der Waals surface area contributed by atoms with Gasteiger partial charge < -0.3 is 15.3 Å². The van der Waals surface area contributed by atoms with E-state index in [0.717, 1.165) is 25.8 Å². The molecule has 0 saturated heterocycles. The van der Waals surface area contributed by atoms with Crippen LogP contribution >= 0.6 is 0 Å². The van der Waals surface area contributed by atoms with Gasteiger partial charge in [0.2, 0.25) is 0 Å². The number of hydrogen-bond donors (Lipinski definition) is 2. The predicted molar refractivity (Wildman–Crippen MR) is 97.3 cm³/mol. The molecule has 1 fully saturated rings. The summed E-state index contributed by atoms with van der Waals surface area (Å²) < 4.78 is 0. The lowest BCUT2D eigenvalue weighted by Crippen LogP contribution is -2.47. The Morgan fingerprint density at radius 1 is 1.20 bits per heavy atom. The number of carbonyl (C=O) groups excluding carboxylic acids is 1. The maximum absolute atomic E-state index is 12.4. The number of amides is 2. The molecule has 2 aliphatic rings. The van der Waals surface area contributed by atoms with E-state index in [2.05, 4.69) is 42.6 Å². The topological polar surface area (TPSA) is 69.6 Å². The fourth-order valence-corrected chi connectivity index (χ4v) is 3.71. The smallest absolute Gasteiger partial charge is 0.317 e. The van der Waals surface area contributed by atoms with Gasteiger partial charge in [0.05, 0.1) is 5.92 Å². The average Bonchev–Trinajstić information content (AvgIpc) is 2.62. The second kappa shape index (κ2) is 7.72. The van der Waals surface area contributed by atoms with E-state index < -0.39 is 5.97 Å². The highest BCUT2D eigenvalue weighted by Gasteiger charge is 2.28. The van der Waals surface area contributed by atoms with Crippen molar-refractivity contribution in [1.82, 2.24) is 10.2 Å². The van der Waals surface area contributed by atoms with Gasteiger partial charge in [-0.15, -0.1) is 0 Å². The molecular formula is C20H26N2O3. The van der Waals surface area contributed by atoms with Crippen LogP contribution < -0.4 is 5.32 Å². The second-order valence-electron chi connectivity index (χ2n) is 7.13. The lowest BCUT2D eigenvalue weighted by Gasteiger charge is -2.31. The zero-order valence-electron chi connectivity index (χ0n) is 14.7. The van der Waals surface area contributed by atoms with Crippen molar-refractivity contribution >= 4 is 17.6 Å². The number of carboxylic acid groups (broad SMARTS) is 1. The summed E-state index contributed by atoms with van der Waals surface area (Å²) in [4.78, 5) is 25.3. The van der Waals surface area contributed by atoms with Crippen molar-refractivity contribution in [1.29, 1.82) is 0 Å². The van der Waals surface area contributed by atoms with Crippen LogP contribution in [0.25, 0.3) is 5.57 Å². The summed E-state index contributed by atoms with van der Waals surface area (Å²) in [6.45, 7) is 3.43. The number of urea groups is 1. The molecule has 134 valence electrons. The Morgan fingerprint density at radius 2 is 1.96 bits per heavy atom. The molecule has 1 aliphatic carbocycles. The van der Waals surface area contributed by atoms with Crippen LogP contribution in [0.1, 0.15) is 43.2 Å². The molecule has 1 aliphatic heterocycles. The van der Waals surface area contributed by atoms with Crippen molar-refractivity contribution < 1.29 is 14.7 Å². The molecule has 3 rings (SSSR count). The van der Waals surface area contributed by atoms with Crippen molar-refractivity contribution in [3.05, 3.63) is 41.5 Å². The SMILES string of the molecule is Cc1cccc(C2=CCN(C(=O)NC3CCC(C(=O)O)CC3)CC2)c1. The Morgan fingerprint density at radius 3 is 2.56 bits per heavy atom. The van der Waals surface area contributed by atoms with Gasteiger partial charge in [-0.05, 0) is 50.2 Å². The quantitative estimate of drug-likeness (QED) is 0.884. The first-order valence-electron chi connectivity index (χ1n) is 9.07. The number of hydrogen-bond acceptors (Lipinski definition) is 2. The zero-order chi connectivity index (χ0) is 17.8. The van der Waals surface area contributed by atoms with Crippen molar-refractivity contribution in [3.8, 4) is 0 Å². The van der Waals surface area contributed by atoms with Crippen molar-refractivity contribution in [2.45, 2.75) is 45.1 Å². The van der Waals surface area contributed by atoms with Gasteiger partial charge in [0.25, 0.3) is 0 Å². The summed E-state index contributed by atoms with van der Waals surface area (Å²) in [6, 6.07) is 8.53. The summed E-state index contributed by atoms with van der Waals surface area (Å²) in [5.41, 5.74) is 3.79. The molecule has 0 bridgehead atoms. The van der Waals surface area contributed by atoms with E-state index in [-0.39, 0.29) is 18.0 Å². The minimum atomic E-state index is -0.713. The number of aryl methyl sites for hydroxylation is 1. The van der Waals surface area contributed by atoms with E-state index in [1.54, 1.807) is 0 Å². The van der Waals surface area contributed by atoms with Gasteiger partial charge >= 0.3 is 12.0 Å². The fraction of sp³-hybridized carbons (Fsp3) is 0.500. The monoisotopic (exact) mass is 342 g/mol. The van der Waals surface area contributed by atoms with Crippen LogP contribution in [0.15, 0.2) is 30.3 Å². The summed E-state index contributed by atoms with van der Waals surface area (Å²) in [6.07, 6.45) is 5.80. The number of nitrogens with zero attached hydrogens (tertiary/aromatic N) is 1. The number of carbonyl (C=O) groups is 2. The second-order valence-corrected chi connectivity index (χ2v) is 7.13. The molecule has 2 N–H and O–H groups in total. The van der Waals surface area contributed by atoms with Crippen LogP contribution in [-0.4, -0.2) is 41.1 Å². The predicted octanol–water partition coefficient (Wildman–Crippen LogP) is 3.44. The fourth-order valence-electron chi connectivity index (χ4n) is 3.71. The highest BCUT2D eigenvalue weighted by atomic mass is 16.4. The van der Waals surface area contributed by atoms with Crippen LogP contribution in [0.4, 0.5) is 4.79 Å². The third-order valence-electron chi connectivity index (χ3n) is 5.29. The molecule has 0 unspecified atom stereocenters. The number of nitrogens with one attached hydrogen (secondary N) is 1. The maximum Gasteiger partial charge on any atom is 0.317 e. The summed E-state index contributed by atoms with van der Waals surface area (Å²) in [5.74, 6) is -0.961. The third kappa shape index (κ3) is 4.41. The van der Waals surface area contributed by atoms with Crippen LogP contribution in [0.5, 0.6) is 0 Å². The number of rotatable bonds is 3. The first-order chi connectivity index (χ1) is 12.0. The van der Waals surface area contributed by atoms with Gasteiger partial charge in [-0.3, -0.25) is 4.79 Å². The minimum absolute atomic E-state index is 0.0293. The van der Waals surface area contributed by atoms with E-state index >= 15 is 0 Å². The molecule has 2 amide bonds. The van der Waals surface area contributed by atoms with Gasteiger partial charge in [0.1, 0.15) is 0 Å². The van der Waals surface area contributed by atoms with Crippen molar-refractivity contribution in [2.24, 2.45) is 5.92 Å². The lowest BCUT2D eigenvalue weighted by molar-refractivity contribution is -0.142. The van der Waals surface area contributed by atoms with Gasteiger partial charge in [-0.25, -0.2) is 4.79 Å². The van der Waals surface area contributed by atoms with E-state index in [4.69, 9.17) is 5.11 Å². The highest BCUT2D eigenvalue weighted by molar-refractivity contribution is 5.77. The number of aliphatic carboxylic acids is 1. The van der Waals surface area contributed by atoms with Crippen LogP contribution in [-0.2, 0) is 4.79 Å². The molecular weight excluding hydrogens is 316 g/mol. The molecule has 0 atom stereocenters. The molecule has 5 heteroatoms. The van der Waals surface area contributed by atoms with E-state index in [1.165, 1.54) is 16.7 Å². The molecule has 25 heavy (non-hydrogen) atoms. The van der Waals surface area contributed by atoms with Crippen LogP contribution in [0.3, 0.4) is 0 Å². The summed E-state index contributed by atoms with van der Waals surface area (Å²) in [7, 11) is 0. The van der Waals surface area contributed by atoms with Gasteiger partial charge in [-0.1, -0.05) is 35.9 Å². The first kappa shape index (κ1) is 17.5. The molecule has 0 spiro atoms. The molecule has 1 saturated carbocycles. The zero-order valence-corrected chi connectivity index (χ0v) is 14.7. The van der Waals surface area contributed by atoms with Gasteiger partial charge in [0, 0.05) is 19.1 Å². The Balaban J connectivity index is 1.51. The van der Waals surface area contributed by atoms with Gasteiger partial charge in [0.15, 0.2) is 0 Å². The normalized spacial score (nSPS) is 23.7. The van der Waals surface area contributed by atoms with Crippen molar-refractivity contribution in [3.63, 3.8) is 0 Å². The van der Waals surface area contributed by atoms with Gasteiger partial charge in [-0.2, -0.15) is 0 Å². The molecule has 1 aromatic carbocycles. The molecule has 0 radical (unpaired) electrons. The molecule has 1 aromatic rings. The van der Waals surface area contributed by atoms with E-state index in [0.29, 0.717) is 19.4 Å². The standard InChI is InChI=1S/C20H26N2O3/c1-14-3-2-4-17(13-14)15-9-11-22(12-10-15)20(25)21-18-7-5-16(6-8-18)19(23)24/h2-4,9,13,16,18H,5-8,10-12H2,1H3,(H,21,25)(H,23,24). The van der Waals surface area contributed by atoms with Crippen LogP contribution in [0, 0.1) is 12.8 Å². The highest BCUT2D eigenvalue weighted by Crippen LogP contribution is 2.26. The Labute approximate surface area is 148 Å². The molecule has 5 nitrogen and oxygen atoms in total. The summed E-state index contributed by atoms with van der Waals surface area (Å²) >= 11 is 0. The summed E-state index contributed by atoms with van der Waals surface area (Å²) in [5, 5.41) is 12.1. The Bertz CT molecular complexity index is 675. The number of benzene rings is 1. The van der Waals surface area contributed by atoms with Crippen molar-refractivity contribution in [2.75, 3.05) is 13.1 Å².